The molecular formula is C18H19N. The van der Waals surface area contributed by atoms with Gasteiger partial charge in [-0.2, -0.15) is 0 Å². The van der Waals surface area contributed by atoms with Crippen LogP contribution < -0.4 is 10.6 Å². The highest BCUT2D eigenvalue weighted by molar-refractivity contribution is 5.71. The molecule has 0 N–H and O–H groups in total. The Morgan fingerprint density at radius 2 is 1.84 bits per heavy atom. The summed E-state index contributed by atoms with van der Waals surface area (Å²) in [5.74, 6) is 0. The lowest BCUT2D eigenvalue weighted by Gasteiger charge is -1.98. The van der Waals surface area contributed by atoms with Gasteiger partial charge in [0.05, 0.1) is 11.0 Å². The van der Waals surface area contributed by atoms with Gasteiger partial charge in [0.25, 0.3) is 0 Å². The Balaban J connectivity index is 3.53. The molecule has 0 unspecified atom stereocenters. The van der Waals surface area contributed by atoms with Crippen LogP contribution in [-0.2, 0) is 0 Å². The van der Waals surface area contributed by atoms with Gasteiger partial charge in [-0.15, -0.1) is 0 Å². The van der Waals surface area contributed by atoms with Crippen LogP contribution in [0.3, 0.4) is 0 Å². The van der Waals surface area contributed by atoms with E-state index in [1.807, 2.05) is 61.5 Å². The average molecular weight is 249 g/mol. The average Bonchev–Trinajstić information content (AvgIpc) is 2.41. The Morgan fingerprint density at radius 3 is 2.53 bits per heavy atom. The Kier molecular flexibility index (Phi) is 6.04. The number of allylic oxidation sites excluding steroid dienone is 5. The Morgan fingerprint density at radius 1 is 1.11 bits per heavy atom. The minimum Gasteiger partial charge on any atom is -0.249 e. The molecule has 1 aromatic heterocycles. The van der Waals surface area contributed by atoms with E-state index in [1.54, 1.807) is 6.08 Å². The molecule has 1 heterocycles. The van der Waals surface area contributed by atoms with Crippen LogP contribution in [0, 0.1) is 0 Å². The van der Waals surface area contributed by atoms with Crippen LogP contribution in [-0.4, -0.2) is 4.98 Å². The first-order chi connectivity index (χ1) is 9.17. The normalized spacial score (nSPS) is 11.1. The molecule has 0 aliphatic rings. The van der Waals surface area contributed by atoms with Gasteiger partial charge >= 0.3 is 0 Å². The van der Waals surface area contributed by atoms with Crippen LogP contribution in [0.15, 0.2) is 67.3 Å². The molecule has 0 saturated carbocycles. The van der Waals surface area contributed by atoms with E-state index in [4.69, 9.17) is 0 Å². The minimum absolute atomic E-state index is 0.711. The lowest BCUT2D eigenvalue weighted by atomic mass is 10.1. The number of nitrogens with zero attached hydrogens (tertiary/aromatic N) is 1. The zero-order valence-electron chi connectivity index (χ0n) is 11.3. The summed E-state index contributed by atoms with van der Waals surface area (Å²) in [7, 11) is 0. The van der Waals surface area contributed by atoms with Crippen molar-refractivity contribution < 1.29 is 0 Å². The lowest BCUT2D eigenvalue weighted by Crippen LogP contribution is -2.03. The Hall–Kier alpha value is -2.41. The molecular weight excluding hydrogens is 230 g/mol. The maximum Gasteiger partial charge on any atom is 0.0705 e. The third-order valence-electron chi connectivity index (χ3n) is 2.45. The lowest BCUT2D eigenvalue weighted by molar-refractivity contribution is 1.24. The van der Waals surface area contributed by atoms with E-state index in [1.165, 1.54) is 0 Å². The fourth-order valence-corrected chi connectivity index (χ4v) is 1.48. The molecule has 0 aliphatic carbocycles. The predicted molar refractivity (Wildman–Crippen MR) is 85.1 cm³/mol. The zero-order valence-corrected chi connectivity index (χ0v) is 11.3. The first-order valence-corrected chi connectivity index (χ1v) is 6.12. The molecule has 0 radical (unpaired) electrons. The summed E-state index contributed by atoms with van der Waals surface area (Å²) in [6.07, 6.45) is 7.60. The van der Waals surface area contributed by atoms with Crippen molar-refractivity contribution in [3.8, 4) is 0 Å². The van der Waals surface area contributed by atoms with Crippen LogP contribution >= 0.6 is 0 Å². The van der Waals surface area contributed by atoms with Crippen LogP contribution in [0.5, 0.6) is 0 Å². The van der Waals surface area contributed by atoms with Gasteiger partial charge in [0.1, 0.15) is 0 Å². The molecule has 0 saturated heterocycles. The summed E-state index contributed by atoms with van der Waals surface area (Å²) < 4.78 is 0. The van der Waals surface area contributed by atoms with Crippen molar-refractivity contribution in [3.63, 3.8) is 0 Å². The molecule has 1 heteroatoms. The summed E-state index contributed by atoms with van der Waals surface area (Å²) in [6, 6.07) is 11.5. The smallest absolute Gasteiger partial charge is 0.0705 e. The van der Waals surface area contributed by atoms with E-state index < -0.39 is 0 Å². The van der Waals surface area contributed by atoms with Gasteiger partial charge < -0.3 is 0 Å². The van der Waals surface area contributed by atoms with Gasteiger partial charge in [0, 0.05) is 0 Å². The van der Waals surface area contributed by atoms with Crippen molar-refractivity contribution in [1.82, 2.24) is 4.98 Å². The molecule has 1 rings (SSSR count). The SMILES string of the molecule is C=C/C=C\C(=C/C)c1ccc(=C)ccccc(=C)n1. The van der Waals surface area contributed by atoms with Crippen LogP contribution in [0.4, 0.5) is 0 Å². The number of rotatable bonds is 3. The summed E-state index contributed by atoms with van der Waals surface area (Å²) in [5.41, 5.74) is 1.87. The van der Waals surface area contributed by atoms with Crippen molar-refractivity contribution in [2.45, 2.75) is 6.92 Å². The van der Waals surface area contributed by atoms with Crippen molar-refractivity contribution in [3.05, 3.63) is 83.5 Å². The maximum absolute atomic E-state index is 4.52. The molecule has 19 heavy (non-hydrogen) atoms. The summed E-state index contributed by atoms with van der Waals surface area (Å²) in [5, 5.41) is 1.64. The number of hydrogen-bond acceptors (Lipinski definition) is 1. The molecule has 1 aromatic rings. The molecule has 0 aromatic carbocycles. The monoisotopic (exact) mass is 249 g/mol. The largest absolute Gasteiger partial charge is 0.249 e. The van der Waals surface area contributed by atoms with Gasteiger partial charge in [-0.1, -0.05) is 68.3 Å². The third kappa shape index (κ3) is 5.17. The highest BCUT2D eigenvalue weighted by atomic mass is 14.7. The highest BCUT2D eigenvalue weighted by Crippen LogP contribution is 2.10. The van der Waals surface area contributed by atoms with E-state index in [9.17, 15) is 0 Å². The van der Waals surface area contributed by atoms with Crippen LogP contribution in [0.25, 0.3) is 18.7 Å². The Labute approximate surface area is 115 Å². The molecule has 0 atom stereocenters. The fourth-order valence-electron chi connectivity index (χ4n) is 1.48. The second kappa shape index (κ2) is 7.83. The van der Waals surface area contributed by atoms with E-state index >= 15 is 0 Å². The summed E-state index contributed by atoms with van der Waals surface area (Å²) >= 11 is 0. The number of hydrogen-bond donors (Lipinski definition) is 0. The van der Waals surface area contributed by atoms with Crippen molar-refractivity contribution in [2.24, 2.45) is 0 Å². The van der Waals surface area contributed by atoms with Crippen LogP contribution in [0.1, 0.15) is 12.6 Å². The topological polar surface area (TPSA) is 12.9 Å². The number of aromatic nitrogens is 1. The molecule has 96 valence electrons. The van der Waals surface area contributed by atoms with Gasteiger partial charge in [0.2, 0.25) is 0 Å². The third-order valence-corrected chi connectivity index (χ3v) is 2.45. The van der Waals surface area contributed by atoms with E-state index in [0.29, 0.717) is 5.35 Å². The molecule has 0 aliphatic heterocycles. The predicted octanol–water partition coefficient (Wildman–Crippen LogP) is 3.17. The van der Waals surface area contributed by atoms with Crippen molar-refractivity contribution in [1.29, 1.82) is 0 Å². The van der Waals surface area contributed by atoms with Gasteiger partial charge in [-0.05, 0) is 29.8 Å². The maximum atomic E-state index is 4.52. The molecule has 1 nitrogen and oxygen atoms in total. The highest BCUT2D eigenvalue weighted by Gasteiger charge is 1.94. The van der Waals surface area contributed by atoms with Crippen molar-refractivity contribution >= 4 is 18.7 Å². The zero-order chi connectivity index (χ0) is 14.1. The van der Waals surface area contributed by atoms with Crippen LogP contribution in [0.2, 0.25) is 0 Å². The molecule has 0 amide bonds. The van der Waals surface area contributed by atoms with Gasteiger partial charge in [-0.3, -0.25) is 0 Å². The van der Waals surface area contributed by atoms with Crippen molar-refractivity contribution in [2.75, 3.05) is 0 Å². The van der Waals surface area contributed by atoms with E-state index in [0.717, 1.165) is 16.5 Å². The second-order valence-corrected chi connectivity index (χ2v) is 3.95. The van der Waals surface area contributed by atoms with Gasteiger partial charge in [0.15, 0.2) is 0 Å². The second-order valence-electron chi connectivity index (χ2n) is 3.95. The molecule has 0 spiro atoms. The summed E-state index contributed by atoms with van der Waals surface area (Å²) in [6.45, 7) is 13.5. The first-order valence-electron chi connectivity index (χ1n) is 6.12. The standard InChI is InChI=1S/C18H19N/c1-5-7-12-17(6-2)18-14-13-15(3)10-8-9-11-16(4)19-18/h5-14H,1,3-4H2,2H3/b10-8?,11-9?,12-7-,14-13?,17-6+,19-18?. The fraction of sp³-hybridized carbons (Fsp3) is 0.0556. The molecule has 0 bridgehead atoms. The van der Waals surface area contributed by atoms with E-state index in [-0.39, 0.29) is 0 Å². The minimum atomic E-state index is 0.711. The van der Waals surface area contributed by atoms with Gasteiger partial charge in [-0.25, -0.2) is 4.98 Å². The molecule has 0 fully saturated rings. The first kappa shape index (κ1) is 14.7. The summed E-state index contributed by atoms with van der Waals surface area (Å²) in [4.78, 5) is 4.52. The van der Waals surface area contributed by atoms with E-state index in [2.05, 4.69) is 24.7 Å². The quantitative estimate of drug-likeness (QED) is 0.750. The Bertz CT molecular complexity index is 650.